The first-order valence-corrected chi connectivity index (χ1v) is 6.96. The minimum Gasteiger partial charge on any atom is -0.340 e. The Balaban J connectivity index is 1.95. The molecule has 0 bridgehead atoms. The zero-order chi connectivity index (χ0) is 17.7. The van der Waals surface area contributed by atoms with Gasteiger partial charge in [-0.3, -0.25) is 14.6 Å². The van der Waals surface area contributed by atoms with Crippen LogP contribution in [0.2, 0.25) is 0 Å². The summed E-state index contributed by atoms with van der Waals surface area (Å²) < 4.78 is 37.4. The Kier molecular flexibility index (Phi) is 5.18. The van der Waals surface area contributed by atoms with Gasteiger partial charge in [-0.05, 0) is 43.3 Å². The Labute approximate surface area is 135 Å². The second-order valence-electron chi connectivity index (χ2n) is 5.00. The van der Waals surface area contributed by atoms with Crippen LogP contribution in [-0.4, -0.2) is 22.8 Å². The Hall–Kier alpha value is -2.90. The number of aromatic nitrogens is 1. The number of carbonyl (C=O) groups is 2. The Morgan fingerprint density at radius 2 is 1.79 bits per heavy atom. The maximum atomic E-state index is 12.5. The van der Waals surface area contributed by atoms with E-state index in [2.05, 4.69) is 15.6 Å². The fourth-order valence-electron chi connectivity index (χ4n) is 1.84. The monoisotopic (exact) mass is 337 g/mol. The van der Waals surface area contributed by atoms with Crippen LogP contribution in [0, 0.1) is 0 Å². The number of hydrogen-bond acceptors (Lipinski definition) is 3. The van der Waals surface area contributed by atoms with Gasteiger partial charge in [0.25, 0.3) is 5.91 Å². The highest BCUT2D eigenvalue weighted by Crippen LogP contribution is 2.29. The van der Waals surface area contributed by atoms with Gasteiger partial charge in [-0.15, -0.1) is 0 Å². The SMILES string of the molecule is C[C@H](NC(=O)c1cccnc1)C(=O)Nc1ccc(C(F)(F)F)cc1. The van der Waals surface area contributed by atoms with Crippen molar-refractivity contribution in [2.45, 2.75) is 19.1 Å². The van der Waals surface area contributed by atoms with Crippen LogP contribution in [0.5, 0.6) is 0 Å². The van der Waals surface area contributed by atoms with Gasteiger partial charge in [0.2, 0.25) is 5.91 Å². The molecule has 1 aromatic heterocycles. The van der Waals surface area contributed by atoms with Crippen molar-refractivity contribution in [1.82, 2.24) is 10.3 Å². The number of pyridine rings is 1. The summed E-state index contributed by atoms with van der Waals surface area (Å²) in [5, 5.41) is 4.92. The van der Waals surface area contributed by atoms with Gasteiger partial charge >= 0.3 is 6.18 Å². The number of rotatable bonds is 4. The predicted molar refractivity (Wildman–Crippen MR) is 81.2 cm³/mol. The lowest BCUT2D eigenvalue weighted by Crippen LogP contribution is -2.41. The zero-order valence-electron chi connectivity index (χ0n) is 12.6. The number of anilines is 1. The molecule has 24 heavy (non-hydrogen) atoms. The summed E-state index contributed by atoms with van der Waals surface area (Å²) in [4.78, 5) is 27.7. The summed E-state index contributed by atoms with van der Waals surface area (Å²) in [7, 11) is 0. The van der Waals surface area contributed by atoms with Gasteiger partial charge in [0.05, 0.1) is 11.1 Å². The van der Waals surface area contributed by atoms with Crippen molar-refractivity contribution in [3.8, 4) is 0 Å². The molecule has 0 aliphatic carbocycles. The summed E-state index contributed by atoms with van der Waals surface area (Å²) in [6, 6.07) is 6.29. The molecule has 2 N–H and O–H groups in total. The van der Waals surface area contributed by atoms with Crippen LogP contribution in [-0.2, 0) is 11.0 Å². The molecule has 1 aromatic carbocycles. The zero-order valence-corrected chi connectivity index (χ0v) is 12.6. The minimum absolute atomic E-state index is 0.204. The van der Waals surface area contributed by atoms with E-state index in [9.17, 15) is 22.8 Å². The van der Waals surface area contributed by atoms with E-state index in [0.29, 0.717) is 5.56 Å². The van der Waals surface area contributed by atoms with Gasteiger partial charge in [-0.25, -0.2) is 0 Å². The number of hydrogen-bond donors (Lipinski definition) is 2. The molecular formula is C16H14F3N3O2. The van der Waals surface area contributed by atoms with Crippen LogP contribution < -0.4 is 10.6 Å². The fraction of sp³-hybridized carbons (Fsp3) is 0.188. The van der Waals surface area contributed by atoms with Crippen molar-refractivity contribution in [3.63, 3.8) is 0 Å². The molecule has 0 unspecified atom stereocenters. The van der Waals surface area contributed by atoms with Crippen molar-refractivity contribution < 1.29 is 22.8 Å². The van der Waals surface area contributed by atoms with Gasteiger partial charge in [0, 0.05) is 18.1 Å². The Morgan fingerprint density at radius 3 is 2.33 bits per heavy atom. The van der Waals surface area contributed by atoms with E-state index in [4.69, 9.17) is 0 Å². The van der Waals surface area contributed by atoms with Gasteiger partial charge < -0.3 is 10.6 Å². The lowest BCUT2D eigenvalue weighted by molar-refractivity contribution is -0.137. The molecule has 1 atom stereocenters. The Morgan fingerprint density at radius 1 is 1.12 bits per heavy atom. The molecule has 0 fully saturated rings. The summed E-state index contributed by atoms with van der Waals surface area (Å²) in [6.45, 7) is 1.47. The van der Waals surface area contributed by atoms with Crippen LogP contribution in [0.15, 0.2) is 48.8 Å². The minimum atomic E-state index is -4.44. The molecule has 2 amide bonds. The van der Waals surface area contributed by atoms with Crippen molar-refractivity contribution in [2.75, 3.05) is 5.32 Å². The molecule has 5 nitrogen and oxygen atoms in total. The highest BCUT2D eigenvalue weighted by atomic mass is 19.4. The second kappa shape index (κ2) is 7.12. The number of carbonyl (C=O) groups excluding carboxylic acids is 2. The summed E-state index contributed by atoms with van der Waals surface area (Å²) in [5.74, 6) is -1.02. The summed E-state index contributed by atoms with van der Waals surface area (Å²) in [5.41, 5.74) is -0.305. The van der Waals surface area contributed by atoms with E-state index in [0.717, 1.165) is 24.3 Å². The molecular weight excluding hydrogens is 323 g/mol. The van der Waals surface area contributed by atoms with Crippen LogP contribution in [0.25, 0.3) is 0 Å². The number of alkyl halides is 3. The first kappa shape index (κ1) is 17.5. The normalized spacial score (nSPS) is 12.3. The predicted octanol–water partition coefficient (Wildman–Crippen LogP) is 2.86. The van der Waals surface area contributed by atoms with E-state index >= 15 is 0 Å². The van der Waals surface area contributed by atoms with Gasteiger partial charge in [0.15, 0.2) is 0 Å². The number of halogens is 3. The second-order valence-corrected chi connectivity index (χ2v) is 5.00. The molecule has 0 radical (unpaired) electrons. The first-order chi connectivity index (χ1) is 11.3. The van der Waals surface area contributed by atoms with Crippen LogP contribution in [0.1, 0.15) is 22.8 Å². The molecule has 0 saturated carbocycles. The van der Waals surface area contributed by atoms with Gasteiger partial charge in [-0.2, -0.15) is 13.2 Å². The van der Waals surface area contributed by atoms with Crippen molar-refractivity contribution >= 4 is 17.5 Å². The van der Waals surface area contributed by atoms with E-state index in [1.165, 1.54) is 19.3 Å². The van der Waals surface area contributed by atoms with Gasteiger partial charge in [0.1, 0.15) is 6.04 Å². The average molecular weight is 337 g/mol. The maximum Gasteiger partial charge on any atom is 0.416 e. The lowest BCUT2D eigenvalue weighted by atomic mass is 10.2. The fourth-order valence-corrected chi connectivity index (χ4v) is 1.84. The highest BCUT2D eigenvalue weighted by molar-refractivity contribution is 6.00. The average Bonchev–Trinajstić information content (AvgIpc) is 2.55. The number of nitrogens with one attached hydrogen (secondary N) is 2. The van der Waals surface area contributed by atoms with E-state index in [-0.39, 0.29) is 5.69 Å². The van der Waals surface area contributed by atoms with E-state index in [1.54, 1.807) is 12.1 Å². The maximum absolute atomic E-state index is 12.5. The molecule has 0 spiro atoms. The third kappa shape index (κ3) is 4.55. The van der Waals surface area contributed by atoms with Crippen LogP contribution in [0.3, 0.4) is 0 Å². The molecule has 1 heterocycles. The number of amides is 2. The van der Waals surface area contributed by atoms with Crippen molar-refractivity contribution in [2.24, 2.45) is 0 Å². The van der Waals surface area contributed by atoms with Crippen LogP contribution >= 0.6 is 0 Å². The van der Waals surface area contributed by atoms with E-state index in [1.807, 2.05) is 0 Å². The molecule has 2 aromatic rings. The third-order valence-electron chi connectivity index (χ3n) is 3.14. The van der Waals surface area contributed by atoms with Crippen molar-refractivity contribution in [1.29, 1.82) is 0 Å². The molecule has 0 aliphatic heterocycles. The molecule has 8 heteroatoms. The van der Waals surface area contributed by atoms with Crippen LogP contribution in [0.4, 0.5) is 18.9 Å². The number of nitrogens with zero attached hydrogens (tertiary/aromatic N) is 1. The third-order valence-corrected chi connectivity index (χ3v) is 3.14. The van der Waals surface area contributed by atoms with Gasteiger partial charge in [-0.1, -0.05) is 0 Å². The smallest absolute Gasteiger partial charge is 0.340 e. The Bertz CT molecular complexity index is 716. The molecule has 126 valence electrons. The van der Waals surface area contributed by atoms with Crippen molar-refractivity contribution in [3.05, 3.63) is 59.9 Å². The highest BCUT2D eigenvalue weighted by Gasteiger charge is 2.30. The lowest BCUT2D eigenvalue weighted by Gasteiger charge is -2.14. The standard InChI is InChI=1S/C16H14F3N3O2/c1-10(21-15(24)11-3-2-8-20-9-11)14(23)22-13-6-4-12(5-7-13)16(17,18)19/h2-10H,1H3,(H,21,24)(H,22,23)/t10-/m0/s1. The molecule has 2 rings (SSSR count). The van der Waals surface area contributed by atoms with E-state index < -0.39 is 29.6 Å². The molecule has 0 aliphatic rings. The first-order valence-electron chi connectivity index (χ1n) is 6.96. The molecule has 0 saturated heterocycles. The quantitative estimate of drug-likeness (QED) is 0.901. The number of benzene rings is 1. The summed E-state index contributed by atoms with van der Waals surface area (Å²) >= 11 is 0. The summed E-state index contributed by atoms with van der Waals surface area (Å²) in [6.07, 6.45) is -1.57. The topological polar surface area (TPSA) is 71.1 Å². The largest absolute Gasteiger partial charge is 0.416 e.